The number of fused-ring (bicyclic) bond motifs is 1. The van der Waals surface area contributed by atoms with E-state index < -0.39 is 12.1 Å². The molecule has 136 valence electrons. The number of nitrogens with one attached hydrogen (secondary N) is 3. The van der Waals surface area contributed by atoms with Crippen LogP contribution in [0.5, 0.6) is 0 Å². The van der Waals surface area contributed by atoms with E-state index in [0.29, 0.717) is 19.4 Å². The van der Waals surface area contributed by atoms with Crippen LogP contribution >= 0.6 is 0 Å². The lowest BCUT2D eigenvalue weighted by molar-refractivity contribution is -0.128. The Morgan fingerprint density at radius 1 is 1.24 bits per heavy atom. The number of aliphatic hydroxyl groups is 1. The zero-order valence-corrected chi connectivity index (χ0v) is 15.0. The molecule has 0 saturated heterocycles. The number of H-pyrrole nitrogens is 1. The summed E-state index contributed by atoms with van der Waals surface area (Å²) < 4.78 is 0. The molecule has 0 radical (unpaired) electrons. The third-order valence-electron chi connectivity index (χ3n) is 4.16. The van der Waals surface area contributed by atoms with E-state index in [9.17, 15) is 14.7 Å². The van der Waals surface area contributed by atoms with Crippen molar-refractivity contribution < 1.29 is 14.7 Å². The minimum atomic E-state index is -0.629. The van der Waals surface area contributed by atoms with Gasteiger partial charge in [0.1, 0.15) is 6.04 Å². The smallest absolute Gasteiger partial charge is 0.242 e. The fraction of sp³-hybridized carbons (Fsp3) is 0.474. The summed E-state index contributed by atoms with van der Waals surface area (Å²) in [6, 6.07) is 7.24. The molecule has 2 aromatic rings. The molecule has 0 saturated carbocycles. The Kier molecular flexibility index (Phi) is 6.58. The van der Waals surface area contributed by atoms with Crippen molar-refractivity contribution in [1.82, 2.24) is 15.6 Å². The molecule has 25 heavy (non-hydrogen) atoms. The van der Waals surface area contributed by atoms with Crippen LogP contribution in [0.3, 0.4) is 0 Å². The van der Waals surface area contributed by atoms with Crippen molar-refractivity contribution >= 4 is 22.7 Å². The first kappa shape index (κ1) is 19.0. The van der Waals surface area contributed by atoms with E-state index in [4.69, 9.17) is 0 Å². The van der Waals surface area contributed by atoms with Gasteiger partial charge < -0.3 is 20.7 Å². The van der Waals surface area contributed by atoms with Crippen molar-refractivity contribution in [2.45, 2.75) is 45.8 Å². The molecule has 0 bridgehead atoms. The first-order valence-corrected chi connectivity index (χ1v) is 8.64. The Morgan fingerprint density at radius 2 is 1.96 bits per heavy atom. The fourth-order valence-electron chi connectivity index (χ4n) is 3.04. The lowest BCUT2D eigenvalue weighted by atomic mass is 10.0. The van der Waals surface area contributed by atoms with Crippen molar-refractivity contribution in [2.75, 3.05) is 6.54 Å². The van der Waals surface area contributed by atoms with Gasteiger partial charge in [-0.15, -0.1) is 0 Å². The Hall–Kier alpha value is -2.34. The molecular formula is C19H27N3O3. The molecule has 2 rings (SSSR count). The Bertz CT molecular complexity index is 724. The summed E-state index contributed by atoms with van der Waals surface area (Å²) in [5.41, 5.74) is 1.99. The van der Waals surface area contributed by atoms with E-state index in [2.05, 4.69) is 15.6 Å². The molecule has 0 aliphatic carbocycles. The summed E-state index contributed by atoms with van der Waals surface area (Å²) in [7, 11) is 0. The van der Waals surface area contributed by atoms with E-state index >= 15 is 0 Å². The number of hydrogen-bond acceptors (Lipinski definition) is 3. The Balaban J connectivity index is 2.05. The maximum atomic E-state index is 12.5. The molecule has 0 aliphatic rings. The first-order valence-electron chi connectivity index (χ1n) is 8.64. The summed E-state index contributed by atoms with van der Waals surface area (Å²) in [4.78, 5) is 27.2. The predicted octanol–water partition coefficient (Wildman–Crippen LogP) is 1.74. The van der Waals surface area contributed by atoms with Gasteiger partial charge in [0, 0.05) is 37.0 Å². The normalized spacial score (nSPS) is 14.7. The second kappa shape index (κ2) is 8.67. The largest absolute Gasteiger partial charge is 0.393 e. The van der Waals surface area contributed by atoms with Gasteiger partial charge in [0.05, 0.1) is 6.10 Å². The number of aliphatic hydroxyl groups excluding tert-OH is 1. The lowest BCUT2D eigenvalue weighted by Crippen LogP contribution is -2.48. The van der Waals surface area contributed by atoms with Crippen LogP contribution in [-0.2, 0) is 16.0 Å². The number of rotatable bonds is 8. The van der Waals surface area contributed by atoms with Crippen molar-refractivity contribution in [2.24, 2.45) is 5.92 Å². The highest BCUT2D eigenvalue weighted by Gasteiger charge is 2.22. The number of para-hydroxylation sites is 1. The standard InChI is InChI=1S/C19H27N3O3/c1-12(8-13(2)23)10-21-19(25)18(22-14(3)24)9-15-11-20-17-7-5-4-6-16(15)17/h4-7,11-13,18,20,23H,8-10H2,1-3H3,(H,21,25)(H,22,24). The van der Waals surface area contributed by atoms with Crippen LogP contribution in [0.1, 0.15) is 32.8 Å². The highest BCUT2D eigenvalue weighted by molar-refractivity contribution is 5.89. The summed E-state index contributed by atoms with van der Waals surface area (Å²) >= 11 is 0. The molecule has 6 nitrogen and oxygen atoms in total. The van der Waals surface area contributed by atoms with Gasteiger partial charge in [-0.3, -0.25) is 9.59 Å². The third-order valence-corrected chi connectivity index (χ3v) is 4.16. The van der Waals surface area contributed by atoms with E-state index in [1.165, 1.54) is 6.92 Å². The van der Waals surface area contributed by atoms with Crippen LogP contribution < -0.4 is 10.6 Å². The van der Waals surface area contributed by atoms with Crippen LogP contribution in [0.15, 0.2) is 30.5 Å². The second-order valence-electron chi connectivity index (χ2n) is 6.75. The minimum absolute atomic E-state index is 0.162. The molecule has 3 atom stereocenters. The van der Waals surface area contributed by atoms with Gasteiger partial charge in [-0.25, -0.2) is 0 Å². The van der Waals surface area contributed by atoms with Gasteiger partial charge >= 0.3 is 0 Å². The molecule has 3 unspecified atom stereocenters. The average Bonchev–Trinajstić information content (AvgIpc) is 2.94. The number of aromatic nitrogens is 1. The lowest BCUT2D eigenvalue weighted by Gasteiger charge is -2.20. The van der Waals surface area contributed by atoms with E-state index in [1.807, 2.05) is 37.4 Å². The minimum Gasteiger partial charge on any atom is -0.393 e. The van der Waals surface area contributed by atoms with Gasteiger partial charge in [0.25, 0.3) is 0 Å². The van der Waals surface area contributed by atoms with Gasteiger partial charge in [0.2, 0.25) is 11.8 Å². The summed E-state index contributed by atoms with van der Waals surface area (Å²) in [5.74, 6) is -0.287. The van der Waals surface area contributed by atoms with Crippen LogP contribution in [0, 0.1) is 5.92 Å². The average molecular weight is 345 g/mol. The molecule has 0 spiro atoms. The summed E-state index contributed by atoms with van der Waals surface area (Å²) in [6.07, 6.45) is 2.51. The molecule has 0 aliphatic heterocycles. The topological polar surface area (TPSA) is 94.2 Å². The number of carbonyl (C=O) groups is 2. The Morgan fingerprint density at radius 3 is 2.64 bits per heavy atom. The van der Waals surface area contributed by atoms with Gasteiger partial charge in [-0.1, -0.05) is 25.1 Å². The molecular weight excluding hydrogens is 318 g/mol. The van der Waals surface area contributed by atoms with Gasteiger partial charge in [-0.2, -0.15) is 0 Å². The van der Waals surface area contributed by atoms with Crippen LogP contribution in [-0.4, -0.2) is 40.6 Å². The molecule has 2 amide bonds. The maximum absolute atomic E-state index is 12.5. The SMILES string of the molecule is CC(=O)NC(Cc1c[nH]c2ccccc12)C(=O)NCC(C)CC(C)O. The van der Waals surface area contributed by atoms with Crippen molar-refractivity contribution in [1.29, 1.82) is 0 Å². The molecule has 0 fully saturated rings. The first-order chi connectivity index (χ1) is 11.9. The number of carbonyl (C=O) groups excluding carboxylic acids is 2. The fourth-order valence-corrected chi connectivity index (χ4v) is 3.04. The Labute approximate surface area is 148 Å². The molecule has 4 N–H and O–H groups in total. The summed E-state index contributed by atoms with van der Waals surface area (Å²) in [5, 5.41) is 16.1. The molecule has 1 aromatic carbocycles. The number of amides is 2. The highest BCUT2D eigenvalue weighted by Crippen LogP contribution is 2.19. The highest BCUT2D eigenvalue weighted by atomic mass is 16.3. The van der Waals surface area contributed by atoms with Crippen LogP contribution in [0.25, 0.3) is 10.9 Å². The van der Waals surface area contributed by atoms with Crippen molar-refractivity contribution in [3.05, 3.63) is 36.0 Å². The third kappa shape index (κ3) is 5.60. The zero-order valence-electron chi connectivity index (χ0n) is 15.0. The van der Waals surface area contributed by atoms with Crippen LogP contribution in [0.2, 0.25) is 0 Å². The van der Waals surface area contributed by atoms with Crippen molar-refractivity contribution in [3.8, 4) is 0 Å². The van der Waals surface area contributed by atoms with Crippen LogP contribution in [0.4, 0.5) is 0 Å². The second-order valence-corrected chi connectivity index (χ2v) is 6.75. The monoisotopic (exact) mass is 345 g/mol. The predicted molar refractivity (Wildman–Crippen MR) is 98.1 cm³/mol. The zero-order chi connectivity index (χ0) is 18.4. The molecule has 6 heteroatoms. The van der Waals surface area contributed by atoms with Crippen molar-refractivity contribution in [3.63, 3.8) is 0 Å². The van der Waals surface area contributed by atoms with Gasteiger partial charge in [-0.05, 0) is 30.9 Å². The number of benzene rings is 1. The number of hydrogen-bond donors (Lipinski definition) is 4. The number of aromatic amines is 1. The molecule has 1 heterocycles. The quantitative estimate of drug-likeness (QED) is 0.587. The summed E-state index contributed by atoms with van der Waals surface area (Å²) in [6.45, 7) is 5.58. The molecule has 1 aromatic heterocycles. The van der Waals surface area contributed by atoms with E-state index in [-0.39, 0.29) is 17.7 Å². The van der Waals surface area contributed by atoms with Gasteiger partial charge in [0.15, 0.2) is 0 Å². The van der Waals surface area contributed by atoms with E-state index in [0.717, 1.165) is 16.5 Å². The maximum Gasteiger partial charge on any atom is 0.242 e. The van der Waals surface area contributed by atoms with E-state index in [1.54, 1.807) is 6.92 Å².